The molecular weight excluding hydrogens is 1130 g/mol. The van der Waals surface area contributed by atoms with E-state index in [4.69, 9.17) is 41.9 Å². The second kappa shape index (κ2) is 90.0. The SMILES string of the molecule is O=C([O-])C1CCCN1.O=C([O-])C1CCCN1.O=C([O-])C1CCCN1.[C-]#[O+].[C-]#[O+].[C-]#[O+].[C-]#[O+].[C-]#[O+].[C-]#[O+].[C-]#[O+].[C-]#[O+].[C-]#[O+].[Re].[Re].[Re]. The van der Waals surface area contributed by atoms with Crippen LogP contribution in [0.5, 0.6) is 0 Å². The Bertz CT molecular complexity index is 647. The number of rotatable bonds is 3. The largest absolute Gasteiger partial charge is 0 e. The van der Waals surface area contributed by atoms with Gasteiger partial charge in [-0.15, -0.1) is 0 Å². The zero-order valence-electron chi connectivity index (χ0n) is 22.9. The summed E-state index contributed by atoms with van der Waals surface area (Å²) in [6.45, 7) is 43.0. The van der Waals surface area contributed by atoms with E-state index in [1.54, 1.807) is 0 Å². The molecule has 3 aliphatic rings. The monoisotopic (exact) mass is 1150 g/mol. The molecule has 3 radical (unpaired) electrons. The summed E-state index contributed by atoms with van der Waals surface area (Å²) < 4.78 is 67.5. The van der Waals surface area contributed by atoms with Gasteiger partial charge in [0.15, 0.2) is 0 Å². The van der Waals surface area contributed by atoms with Gasteiger partial charge >= 0.3 is 102 Å². The van der Waals surface area contributed by atoms with Crippen molar-refractivity contribution in [2.24, 2.45) is 0 Å². The number of nitrogens with one attached hydrogen (secondary N) is 3. The van der Waals surface area contributed by atoms with Crippen molar-refractivity contribution in [1.82, 2.24) is 16.0 Å². The number of carbonyl (C=O) groups is 3. The molecule has 0 aliphatic carbocycles. The van der Waals surface area contributed by atoms with Gasteiger partial charge in [-0.3, -0.25) is 0 Å². The van der Waals surface area contributed by atoms with Crippen LogP contribution in [0.4, 0.5) is 0 Å². The number of aliphatic carboxylic acids is 3. The first kappa shape index (κ1) is 78.9. The van der Waals surface area contributed by atoms with E-state index in [2.05, 4.69) is 75.8 Å². The van der Waals surface area contributed by atoms with E-state index in [0.29, 0.717) is 0 Å². The fourth-order valence-corrected chi connectivity index (χ4v) is 2.66. The van der Waals surface area contributed by atoms with Gasteiger partial charge < -0.3 is 45.7 Å². The van der Waals surface area contributed by atoms with Gasteiger partial charge in [-0.1, -0.05) is 0 Å². The minimum atomic E-state index is -0.970. The van der Waals surface area contributed by atoms with E-state index in [-0.39, 0.29) is 79.4 Å². The van der Waals surface area contributed by atoms with Crippen LogP contribution in [0.3, 0.4) is 0 Å². The molecule has 0 saturated carbocycles. The van der Waals surface area contributed by atoms with Crippen LogP contribution < -0.4 is 31.3 Å². The van der Waals surface area contributed by atoms with Crippen molar-refractivity contribution in [2.45, 2.75) is 56.7 Å². The van der Waals surface area contributed by atoms with Crippen LogP contribution >= 0.6 is 0 Å². The number of hydrogen-bond acceptors (Lipinski definition) is 9. The Balaban J connectivity index is -0.0000000283. The molecule has 0 spiro atoms. The van der Waals surface area contributed by atoms with E-state index >= 15 is 0 Å². The van der Waals surface area contributed by atoms with Crippen LogP contribution in [0.1, 0.15) is 38.5 Å². The summed E-state index contributed by atoms with van der Waals surface area (Å²) in [6.07, 6.45) is 5.04. The van der Waals surface area contributed by atoms with Gasteiger partial charge in [0.2, 0.25) is 0 Å². The van der Waals surface area contributed by atoms with Crippen molar-refractivity contribution in [3.05, 3.63) is 59.9 Å². The minimum absolute atomic E-state index is 0. The molecule has 249 valence electrons. The van der Waals surface area contributed by atoms with Crippen LogP contribution in [0.2, 0.25) is 0 Å². The van der Waals surface area contributed by atoms with Crippen molar-refractivity contribution >= 4 is 17.9 Å². The molecule has 3 fully saturated rings. The number of carboxylic acids is 3. The van der Waals surface area contributed by atoms with Gasteiger partial charge in [0.1, 0.15) is 0 Å². The predicted molar refractivity (Wildman–Crippen MR) is 113 cm³/mol. The minimum Gasteiger partial charge on any atom is 0 e. The zero-order chi connectivity index (χ0) is 35.9. The standard InChI is InChI=1S/3C5H9NO2.9CO.3Re/c3*7-5(8)4-2-1-3-6-4;9*1-2;;;/h3*4,6H,1-3H2,(H,7,8);;;;;;;;;;;;/p-3. The van der Waals surface area contributed by atoms with Crippen LogP contribution in [0, 0.1) is 59.9 Å². The molecule has 3 saturated heterocycles. The van der Waals surface area contributed by atoms with Gasteiger partial charge in [0.25, 0.3) is 0 Å². The quantitative estimate of drug-likeness (QED) is 0.180. The summed E-state index contributed by atoms with van der Waals surface area (Å²) in [5, 5.41) is 38.5. The molecule has 3 N–H and O–H groups in total. The number of carbonyl (C=O) groups excluding carboxylic acids is 3. The summed E-state index contributed by atoms with van der Waals surface area (Å²) in [5.74, 6) is -2.91. The summed E-state index contributed by atoms with van der Waals surface area (Å²) in [4.78, 5) is 30.1. The molecule has 0 bridgehead atoms. The Hall–Kier alpha value is -2.06. The summed E-state index contributed by atoms with van der Waals surface area (Å²) in [7, 11) is 0. The van der Waals surface area contributed by atoms with E-state index in [1.165, 1.54) is 0 Å². The zero-order valence-corrected chi connectivity index (χ0v) is 31.0. The molecule has 3 unspecified atom stereocenters. The first-order valence-corrected chi connectivity index (χ1v) is 10.1. The molecule has 45 heavy (non-hydrogen) atoms. The molecule has 3 rings (SSSR count). The molecule has 21 heteroatoms. The first-order chi connectivity index (χ1) is 20.4. The average Bonchev–Trinajstić information content (AvgIpc) is 3.91. The Morgan fingerprint density at radius 1 is 0.400 bits per heavy atom. The molecule has 0 aromatic carbocycles. The maximum Gasteiger partial charge on any atom is 0 e. The molecule has 0 aromatic rings. The van der Waals surface area contributed by atoms with Crippen molar-refractivity contribution < 1.29 is 133 Å². The normalized spacial score (nSPS) is 15.5. The topological polar surface area (TPSA) is 336 Å². The molecule has 18 nitrogen and oxygen atoms in total. The van der Waals surface area contributed by atoms with E-state index in [9.17, 15) is 29.7 Å². The summed E-state index contributed by atoms with van der Waals surface area (Å²) >= 11 is 0. The molecular formula is C24H24N3O15Re3-3. The fraction of sp³-hybridized carbons (Fsp3) is 0.500. The molecule has 3 aliphatic heterocycles. The van der Waals surface area contributed by atoms with Crippen molar-refractivity contribution in [2.75, 3.05) is 19.6 Å². The van der Waals surface area contributed by atoms with Crippen molar-refractivity contribution in [1.29, 1.82) is 0 Å². The van der Waals surface area contributed by atoms with Gasteiger partial charge in [0, 0.05) is 79.4 Å². The van der Waals surface area contributed by atoms with E-state index in [1.807, 2.05) is 0 Å². The second-order valence-corrected chi connectivity index (χ2v) is 5.90. The Morgan fingerprint density at radius 3 is 0.578 bits per heavy atom. The van der Waals surface area contributed by atoms with Crippen LogP contribution in [0.15, 0.2) is 0 Å². The van der Waals surface area contributed by atoms with Gasteiger partial charge in [-0.05, 0) is 58.2 Å². The van der Waals surface area contributed by atoms with Gasteiger partial charge in [-0.25, -0.2) is 0 Å². The Morgan fingerprint density at radius 2 is 0.533 bits per heavy atom. The smallest absolute Gasteiger partial charge is 0 e. The Kier molecular flexibility index (Phi) is 158. The second-order valence-electron chi connectivity index (χ2n) is 5.90. The summed E-state index contributed by atoms with van der Waals surface area (Å²) in [5.41, 5.74) is 0. The third kappa shape index (κ3) is 69.9. The van der Waals surface area contributed by atoms with Gasteiger partial charge in [0.05, 0.1) is 17.9 Å². The van der Waals surface area contributed by atoms with E-state index < -0.39 is 17.9 Å². The van der Waals surface area contributed by atoms with Crippen molar-refractivity contribution in [3.8, 4) is 0 Å². The van der Waals surface area contributed by atoms with Crippen molar-refractivity contribution in [3.63, 3.8) is 0 Å². The summed E-state index contributed by atoms with van der Waals surface area (Å²) in [6, 6.07) is -1.14. The average molecular weight is 1150 g/mol. The van der Waals surface area contributed by atoms with Crippen LogP contribution in [-0.4, -0.2) is 55.7 Å². The van der Waals surface area contributed by atoms with Crippen LogP contribution in [-0.2, 0) is 118 Å². The Labute approximate surface area is 301 Å². The maximum atomic E-state index is 10.0. The van der Waals surface area contributed by atoms with Gasteiger partial charge in [-0.2, -0.15) is 0 Å². The number of carboxylic acid groups (broad SMARTS) is 3. The van der Waals surface area contributed by atoms with Crippen LogP contribution in [0.25, 0.3) is 0 Å². The third-order valence-corrected chi connectivity index (χ3v) is 4.03. The van der Waals surface area contributed by atoms with E-state index in [0.717, 1.165) is 58.2 Å². The molecule has 0 amide bonds. The molecule has 0 aromatic heterocycles. The fourth-order valence-electron chi connectivity index (χ4n) is 2.66. The first-order valence-electron chi connectivity index (χ1n) is 10.1. The molecule has 3 atom stereocenters. The number of hydrogen-bond donors (Lipinski definition) is 3. The molecule has 3 heterocycles. The predicted octanol–water partition coefficient (Wildman–Crippen LogP) is -4.88. The third-order valence-electron chi connectivity index (χ3n) is 4.03. The maximum absolute atomic E-state index is 10.0.